The fraction of sp³-hybridized carbons (Fsp3) is 0.467. The van der Waals surface area contributed by atoms with Gasteiger partial charge in [-0.2, -0.15) is 0 Å². The molecular weight excluding hydrogens is 264 g/mol. The van der Waals surface area contributed by atoms with Crippen LogP contribution in [0.3, 0.4) is 0 Å². The Morgan fingerprint density at radius 1 is 1.24 bits per heavy atom. The molecule has 0 amide bonds. The van der Waals surface area contributed by atoms with Gasteiger partial charge in [0.2, 0.25) is 5.95 Å². The van der Waals surface area contributed by atoms with E-state index in [0.717, 1.165) is 43.5 Å². The number of rotatable bonds is 4. The van der Waals surface area contributed by atoms with E-state index in [4.69, 9.17) is 0 Å². The van der Waals surface area contributed by atoms with Gasteiger partial charge in [-0.1, -0.05) is 0 Å². The third kappa shape index (κ3) is 3.33. The summed E-state index contributed by atoms with van der Waals surface area (Å²) in [7, 11) is 2.13. The van der Waals surface area contributed by atoms with Gasteiger partial charge in [0, 0.05) is 43.4 Å². The van der Waals surface area contributed by atoms with Gasteiger partial charge < -0.3 is 4.90 Å². The fourth-order valence-corrected chi connectivity index (χ4v) is 2.64. The van der Waals surface area contributed by atoms with Crippen molar-refractivity contribution < 1.29 is 0 Å². The molecule has 1 aliphatic rings. The van der Waals surface area contributed by atoms with Crippen molar-refractivity contribution in [2.45, 2.75) is 25.9 Å². The van der Waals surface area contributed by atoms with Crippen LogP contribution in [0.25, 0.3) is 0 Å². The van der Waals surface area contributed by atoms with E-state index in [1.54, 1.807) is 12.4 Å². The van der Waals surface area contributed by atoms with Crippen LogP contribution in [0.1, 0.15) is 17.9 Å². The average Bonchev–Trinajstić information content (AvgIpc) is 2.98. The van der Waals surface area contributed by atoms with Crippen molar-refractivity contribution in [1.82, 2.24) is 24.8 Å². The summed E-state index contributed by atoms with van der Waals surface area (Å²) < 4.78 is 0. The zero-order chi connectivity index (χ0) is 14.7. The molecular formula is C15H20N6. The monoisotopic (exact) mass is 284 g/mol. The number of aromatic nitrogens is 4. The standard InChI is InChI=1S/C15H20N6/c1-12-4-8-18-15(19-12)21-9-5-13(10-21)20(2)11-14-16-6-3-7-17-14/h3-4,6-8,13H,5,9-11H2,1-2H3/t13-/m0/s1. The molecule has 0 saturated carbocycles. The van der Waals surface area contributed by atoms with E-state index in [-0.39, 0.29) is 0 Å². The Bertz CT molecular complexity index is 588. The van der Waals surface area contributed by atoms with Gasteiger partial charge in [-0.05, 0) is 32.5 Å². The summed E-state index contributed by atoms with van der Waals surface area (Å²) >= 11 is 0. The molecule has 6 nitrogen and oxygen atoms in total. The maximum absolute atomic E-state index is 4.50. The normalized spacial score (nSPS) is 18.4. The van der Waals surface area contributed by atoms with Crippen molar-refractivity contribution in [3.63, 3.8) is 0 Å². The highest BCUT2D eigenvalue weighted by Crippen LogP contribution is 2.19. The minimum absolute atomic E-state index is 0.484. The van der Waals surface area contributed by atoms with Crippen molar-refractivity contribution >= 4 is 5.95 Å². The highest BCUT2D eigenvalue weighted by Gasteiger charge is 2.27. The molecule has 3 rings (SSSR count). The molecule has 6 heteroatoms. The molecule has 0 spiro atoms. The predicted octanol–water partition coefficient (Wildman–Crippen LogP) is 1.29. The second-order valence-corrected chi connectivity index (χ2v) is 5.47. The van der Waals surface area contributed by atoms with Crippen molar-refractivity contribution in [3.05, 3.63) is 42.2 Å². The Balaban J connectivity index is 1.61. The molecule has 1 aliphatic heterocycles. The van der Waals surface area contributed by atoms with Crippen LogP contribution in [0.2, 0.25) is 0 Å². The molecule has 0 unspecified atom stereocenters. The molecule has 2 aromatic rings. The van der Waals surface area contributed by atoms with E-state index in [1.165, 1.54) is 0 Å². The Morgan fingerprint density at radius 2 is 2.05 bits per heavy atom. The molecule has 0 aromatic carbocycles. The van der Waals surface area contributed by atoms with E-state index in [9.17, 15) is 0 Å². The zero-order valence-corrected chi connectivity index (χ0v) is 12.5. The van der Waals surface area contributed by atoms with Crippen LogP contribution in [-0.4, -0.2) is 51.0 Å². The van der Waals surface area contributed by atoms with Crippen molar-refractivity contribution in [2.24, 2.45) is 0 Å². The molecule has 0 N–H and O–H groups in total. The van der Waals surface area contributed by atoms with Gasteiger partial charge in [0.25, 0.3) is 0 Å². The molecule has 2 aromatic heterocycles. The summed E-state index contributed by atoms with van der Waals surface area (Å²) in [5, 5.41) is 0. The van der Waals surface area contributed by atoms with Crippen LogP contribution in [-0.2, 0) is 6.54 Å². The van der Waals surface area contributed by atoms with E-state index in [1.807, 2.05) is 25.3 Å². The van der Waals surface area contributed by atoms with E-state index in [2.05, 4.69) is 36.8 Å². The second kappa shape index (κ2) is 6.13. The van der Waals surface area contributed by atoms with E-state index < -0.39 is 0 Å². The molecule has 0 aliphatic carbocycles. The van der Waals surface area contributed by atoms with Crippen LogP contribution in [0.5, 0.6) is 0 Å². The minimum atomic E-state index is 0.484. The van der Waals surface area contributed by atoms with Crippen LogP contribution in [0, 0.1) is 6.92 Å². The maximum Gasteiger partial charge on any atom is 0.225 e. The molecule has 0 radical (unpaired) electrons. The maximum atomic E-state index is 4.50. The summed E-state index contributed by atoms with van der Waals surface area (Å²) in [6.07, 6.45) is 6.52. The first-order valence-corrected chi connectivity index (χ1v) is 7.23. The van der Waals surface area contributed by atoms with Gasteiger partial charge in [-0.25, -0.2) is 19.9 Å². The van der Waals surface area contributed by atoms with Crippen LogP contribution in [0.15, 0.2) is 30.7 Å². The third-order valence-corrected chi connectivity index (χ3v) is 3.86. The molecule has 3 heterocycles. The van der Waals surface area contributed by atoms with Crippen molar-refractivity contribution in [1.29, 1.82) is 0 Å². The topological polar surface area (TPSA) is 58.0 Å². The Hall–Kier alpha value is -2.08. The summed E-state index contributed by atoms with van der Waals surface area (Å²) in [5.41, 5.74) is 1.01. The van der Waals surface area contributed by atoms with Gasteiger partial charge in [-0.15, -0.1) is 0 Å². The smallest absolute Gasteiger partial charge is 0.225 e. The van der Waals surface area contributed by atoms with Crippen molar-refractivity contribution in [2.75, 3.05) is 25.0 Å². The molecule has 1 saturated heterocycles. The van der Waals surface area contributed by atoms with Gasteiger partial charge in [0.05, 0.1) is 6.54 Å². The Kier molecular flexibility index (Phi) is 4.06. The van der Waals surface area contributed by atoms with Gasteiger partial charge >= 0.3 is 0 Å². The lowest BCUT2D eigenvalue weighted by molar-refractivity contribution is 0.244. The number of hydrogen-bond acceptors (Lipinski definition) is 6. The summed E-state index contributed by atoms with van der Waals surface area (Å²) in [6.45, 7) is 4.71. The molecule has 1 fully saturated rings. The Labute approximate surface area is 124 Å². The zero-order valence-electron chi connectivity index (χ0n) is 12.5. The quantitative estimate of drug-likeness (QED) is 0.843. The summed E-state index contributed by atoms with van der Waals surface area (Å²) in [6, 6.07) is 4.25. The van der Waals surface area contributed by atoms with Gasteiger partial charge in [-0.3, -0.25) is 4.90 Å². The van der Waals surface area contributed by atoms with Crippen LogP contribution < -0.4 is 4.90 Å². The van der Waals surface area contributed by atoms with Crippen LogP contribution >= 0.6 is 0 Å². The number of hydrogen-bond donors (Lipinski definition) is 0. The third-order valence-electron chi connectivity index (χ3n) is 3.86. The SMILES string of the molecule is Cc1ccnc(N2CC[C@H](N(C)Cc3ncccn3)C2)n1. The first-order valence-electron chi connectivity index (χ1n) is 7.23. The number of anilines is 1. The predicted molar refractivity (Wildman–Crippen MR) is 80.9 cm³/mol. The summed E-state index contributed by atoms with van der Waals surface area (Å²) in [4.78, 5) is 22.0. The lowest BCUT2D eigenvalue weighted by atomic mass is 10.2. The highest BCUT2D eigenvalue weighted by molar-refractivity contribution is 5.32. The number of nitrogens with zero attached hydrogens (tertiary/aromatic N) is 6. The molecule has 21 heavy (non-hydrogen) atoms. The lowest BCUT2D eigenvalue weighted by Crippen LogP contribution is -2.35. The molecule has 1 atom stereocenters. The number of likely N-dealkylation sites (N-methyl/N-ethyl adjacent to an activating group) is 1. The van der Waals surface area contributed by atoms with E-state index in [0.29, 0.717) is 6.04 Å². The van der Waals surface area contributed by atoms with Crippen molar-refractivity contribution in [3.8, 4) is 0 Å². The van der Waals surface area contributed by atoms with Gasteiger partial charge in [0.1, 0.15) is 5.82 Å². The van der Waals surface area contributed by atoms with Gasteiger partial charge in [0.15, 0.2) is 0 Å². The largest absolute Gasteiger partial charge is 0.339 e. The average molecular weight is 284 g/mol. The lowest BCUT2D eigenvalue weighted by Gasteiger charge is -2.23. The number of aryl methyl sites for hydroxylation is 1. The van der Waals surface area contributed by atoms with E-state index >= 15 is 0 Å². The summed E-state index contributed by atoms with van der Waals surface area (Å²) in [5.74, 6) is 1.70. The van der Waals surface area contributed by atoms with Crippen LogP contribution in [0.4, 0.5) is 5.95 Å². The molecule has 110 valence electrons. The fourth-order valence-electron chi connectivity index (χ4n) is 2.64. The Morgan fingerprint density at radius 3 is 2.81 bits per heavy atom. The first-order chi connectivity index (χ1) is 10.2. The minimum Gasteiger partial charge on any atom is -0.339 e. The highest BCUT2D eigenvalue weighted by atomic mass is 15.3. The first kappa shape index (κ1) is 13.9. The second-order valence-electron chi connectivity index (χ2n) is 5.47. The molecule has 0 bridgehead atoms.